The van der Waals surface area contributed by atoms with Crippen LogP contribution in [0.5, 0.6) is 0 Å². The number of aromatic amines is 1. The van der Waals surface area contributed by atoms with Crippen molar-refractivity contribution in [3.8, 4) is 11.3 Å². The summed E-state index contributed by atoms with van der Waals surface area (Å²) in [5.74, 6) is 2.05. The Hall–Kier alpha value is -3.46. The van der Waals surface area contributed by atoms with Crippen LogP contribution < -0.4 is 4.90 Å². The van der Waals surface area contributed by atoms with Gasteiger partial charge in [-0.15, -0.1) is 0 Å². The molecule has 4 aromatic heterocycles. The van der Waals surface area contributed by atoms with Crippen molar-refractivity contribution in [2.24, 2.45) is 5.92 Å². The molecular weight excluding hydrogens is 454 g/mol. The monoisotopic (exact) mass is 489 g/mol. The van der Waals surface area contributed by atoms with Crippen molar-refractivity contribution >= 4 is 28.4 Å². The SMILES string of the molecule is CC(C)c1c(-c2cc(CO)c3ncnn3c2)[nH]c2ccc(N3CCC(CCC(=O)N(C)C)CC3)nc12. The van der Waals surface area contributed by atoms with Gasteiger partial charge in [-0.2, -0.15) is 5.10 Å². The number of aliphatic hydroxyl groups excluding tert-OH is 1. The second kappa shape index (κ2) is 9.89. The van der Waals surface area contributed by atoms with Gasteiger partial charge in [-0.1, -0.05) is 13.8 Å². The quantitative estimate of drug-likeness (QED) is 0.407. The number of aliphatic hydroxyl groups is 1. The van der Waals surface area contributed by atoms with Gasteiger partial charge in [-0.3, -0.25) is 4.79 Å². The van der Waals surface area contributed by atoms with Crippen LogP contribution in [-0.2, 0) is 11.4 Å². The number of nitrogens with zero attached hydrogens (tertiary/aromatic N) is 6. The molecule has 5 heterocycles. The topological polar surface area (TPSA) is 103 Å². The van der Waals surface area contributed by atoms with Crippen LogP contribution in [0.3, 0.4) is 0 Å². The van der Waals surface area contributed by atoms with Gasteiger partial charge in [0.1, 0.15) is 12.1 Å². The lowest BCUT2D eigenvalue weighted by Crippen LogP contribution is -2.34. The molecule has 0 unspecified atom stereocenters. The Kier molecular flexibility index (Phi) is 6.66. The molecule has 0 atom stereocenters. The molecule has 2 N–H and O–H groups in total. The highest BCUT2D eigenvalue weighted by Crippen LogP contribution is 2.36. The first kappa shape index (κ1) is 24.2. The molecule has 0 bridgehead atoms. The molecule has 5 rings (SSSR count). The predicted molar refractivity (Wildman–Crippen MR) is 141 cm³/mol. The Morgan fingerprint density at radius 2 is 2.03 bits per heavy atom. The number of hydrogen-bond acceptors (Lipinski definition) is 6. The molecule has 190 valence electrons. The maximum Gasteiger partial charge on any atom is 0.222 e. The molecule has 1 aliphatic heterocycles. The molecular formula is C27H35N7O2. The molecule has 0 radical (unpaired) electrons. The number of anilines is 1. The van der Waals surface area contributed by atoms with Crippen molar-refractivity contribution in [1.82, 2.24) is 29.5 Å². The van der Waals surface area contributed by atoms with Crippen LogP contribution in [0.2, 0.25) is 0 Å². The number of carbonyl (C=O) groups excluding carboxylic acids is 1. The summed E-state index contributed by atoms with van der Waals surface area (Å²) in [6.45, 7) is 6.17. The van der Waals surface area contributed by atoms with Gasteiger partial charge in [-0.05, 0) is 49.3 Å². The fourth-order valence-corrected chi connectivity index (χ4v) is 5.29. The minimum absolute atomic E-state index is 0.102. The van der Waals surface area contributed by atoms with Crippen molar-refractivity contribution in [3.05, 3.63) is 41.9 Å². The molecule has 0 saturated carbocycles. The predicted octanol–water partition coefficient (Wildman–Crippen LogP) is 3.97. The van der Waals surface area contributed by atoms with Crippen LogP contribution in [0.15, 0.2) is 30.7 Å². The summed E-state index contributed by atoms with van der Waals surface area (Å²) in [5, 5.41) is 14.2. The zero-order valence-corrected chi connectivity index (χ0v) is 21.5. The number of pyridine rings is 2. The summed E-state index contributed by atoms with van der Waals surface area (Å²) < 4.78 is 1.71. The van der Waals surface area contributed by atoms with E-state index in [9.17, 15) is 9.90 Å². The van der Waals surface area contributed by atoms with Gasteiger partial charge in [0.25, 0.3) is 0 Å². The summed E-state index contributed by atoms with van der Waals surface area (Å²) in [6.07, 6.45) is 7.20. The lowest BCUT2D eigenvalue weighted by Gasteiger charge is -2.33. The van der Waals surface area contributed by atoms with Gasteiger partial charge in [0.2, 0.25) is 5.91 Å². The summed E-state index contributed by atoms with van der Waals surface area (Å²) in [4.78, 5) is 29.0. The summed E-state index contributed by atoms with van der Waals surface area (Å²) >= 11 is 0. The number of H-pyrrole nitrogens is 1. The fourth-order valence-electron chi connectivity index (χ4n) is 5.29. The first-order valence-corrected chi connectivity index (χ1v) is 12.8. The number of nitrogens with one attached hydrogen (secondary N) is 1. The van der Waals surface area contributed by atoms with E-state index in [0.29, 0.717) is 18.0 Å². The zero-order valence-electron chi connectivity index (χ0n) is 21.5. The van der Waals surface area contributed by atoms with Crippen LogP contribution in [0, 0.1) is 5.92 Å². The molecule has 4 aromatic rings. The summed E-state index contributed by atoms with van der Waals surface area (Å²) in [5.41, 5.74) is 6.50. The summed E-state index contributed by atoms with van der Waals surface area (Å²) in [7, 11) is 3.64. The molecule has 0 spiro atoms. The van der Waals surface area contributed by atoms with Gasteiger partial charge in [0, 0.05) is 56.5 Å². The Morgan fingerprint density at radius 1 is 1.25 bits per heavy atom. The van der Waals surface area contributed by atoms with E-state index in [4.69, 9.17) is 4.98 Å². The molecule has 1 amide bonds. The second-order valence-electron chi connectivity index (χ2n) is 10.3. The minimum atomic E-state index is -0.102. The average Bonchev–Trinajstić information content (AvgIpc) is 3.51. The van der Waals surface area contributed by atoms with Gasteiger partial charge in [0.15, 0.2) is 5.65 Å². The fraction of sp³-hybridized carbons (Fsp3) is 0.481. The van der Waals surface area contributed by atoms with Crippen molar-refractivity contribution < 1.29 is 9.90 Å². The Balaban J connectivity index is 1.42. The first-order valence-electron chi connectivity index (χ1n) is 12.8. The van der Waals surface area contributed by atoms with E-state index < -0.39 is 0 Å². The number of rotatable bonds is 7. The van der Waals surface area contributed by atoms with E-state index in [-0.39, 0.29) is 18.4 Å². The summed E-state index contributed by atoms with van der Waals surface area (Å²) in [6, 6.07) is 6.20. The molecule has 1 fully saturated rings. The number of carbonyl (C=O) groups is 1. The van der Waals surface area contributed by atoms with Crippen molar-refractivity contribution in [3.63, 3.8) is 0 Å². The Bertz CT molecular complexity index is 1380. The second-order valence-corrected chi connectivity index (χ2v) is 10.3. The minimum Gasteiger partial charge on any atom is -0.392 e. The Morgan fingerprint density at radius 3 is 2.72 bits per heavy atom. The van der Waals surface area contributed by atoms with E-state index in [1.807, 2.05) is 26.4 Å². The van der Waals surface area contributed by atoms with Crippen LogP contribution in [-0.4, -0.2) is 67.7 Å². The van der Waals surface area contributed by atoms with Crippen LogP contribution in [0.1, 0.15) is 56.6 Å². The van der Waals surface area contributed by atoms with E-state index in [1.165, 1.54) is 6.33 Å². The molecule has 36 heavy (non-hydrogen) atoms. The molecule has 0 aromatic carbocycles. The van der Waals surface area contributed by atoms with E-state index >= 15 is 0 Å². The largest absolute Gasteiger partial charge is 0.392 e. The van der Waals surface area contributed by atoms with Crippen molar-refractivity contribution in [1.29, 1.82) is 0 Å². The molecule has 9 nitrogen and oxygen atoms in total. The third kappa shape index (κ3) is 4.55. The standard InChI is InChI=1S/C27H35N7O2/c1-17(2)24-25(19-13-20(15-35)27-28-16-29-34(27)14-19)30-21-6-7-22(31-26(21)24)33-11-9-18(10-12-33)5-8-23(36)32(3)4/h6-7,13-14,16-18,30,35H,5,8-12,15H2,1-4H3. The highest BCUT2D eigenvalue weighted by molar-refractivity contribution is 5.89. The van der Waals surface area contributed by atoms with Crippen LogP contribution >= 0.6 is 0 Å². The molecule has 9 heteroatoms. The number of hydrogen-bond donors (Lipinski definition) is 2. The Labute approximate surface area is 211 Å². The van der Waals surface area contributed by atoms with E-state index in [0.717, 1.165) is 71.6 Å². The van der Waals surface area contributed by atoms with Crippen LogP contribution in [0.4, 0.5) is 5.82 Å². The maximum absolute atomic E-state index is 12.0. The van der Waals surface area contributed by atoms with Gasteiger partial charge in [0.05, 0.1) is 23.3 Å². The highest BCUT2D eigenvalue weighted by atomic mass is 16.3. The number of amides is 1. The van der Waals surface area contributed by atoms with E-state index in [2.05, 4.69) is 45.9 Å². The third-order valence-corrected chi connectivity index (χ3v) is 7.36. The number of piperidine rings is 1. The lowest BCUT2D eigenvalue weighted by atomic mass is 9.92. The smallest absolute Gasteiger partial charge is 0.222 e. The van der Waals surface area contributed by atoms with Crippen LogP contribution in [0.25, 0.3) is 27.9 Å². The average molecular weight is 490 g/mol. The van der Waals surface area contributed by atoms with Crippen molar-refractivity contribution in [2.75, 3.05) is 32.1 Å². The van der Waals surface area contributed by atoms with Crippen molar-refractivity contribution in [2.45, 2.75) is 52.1 Å². The van der Waals surface area contributed by atoms with Gasteiger partial charge < -0.3 is 19.9 Å². The molecule has 1 saturated heterocycles. The van der Waals surface area contributed by atoms with Gasteiger partial charge in [-0.25, -0.2) is 14.5 Å². The molecule has 0 aliphatic carbocycles. The normalized spacial score (nSPS) is 14.9. The lowest BCUT2D eigenvalue weighted by molar-refractivity contribution is -0.129. The third-order valence-electron chi connectivity index (χ3n) is 7.36. The number of aromatic nitrogens is 5. The number of fused-ring (bicyclic) bond motifs is 2. The molecule has 1 aliphatic rings. The van der Waals surface area contributed by atoms with Gasteiger partial charge >= 0.3 is 0 Å². The first-order chi connectivity index (χ1) is 17.4. The zero-order chi connectivity index (χ0) is 25.4. The highest BCUT2D eigenvalue weighted by Gasteiger charge is 2.24. The van der Waals surface area contributed by atoms with E-state index in [1.54, 1.807) is 9.42 Å². The maximum atomic E-state index is 12.0.